The van der Waals surface area contributed by atoms with E-state index in [9.17, 15) is 4.79 Å². The van der Waals surface area contributed by atoms with Gasteiger partial charge in [-0.05, 0) is 38.0 Å². The van der Waals surface area contributed by atoms with Crippen LogP contribution in [0.1, 0.15) is 28.2 Å². The number of amides is 1. The van der Waals surface area contributed by atoms with Crippen LogP contribution in [0.5, 0.6) is 0 Å². The average molecular weight is 311 g/mol. The van der Waals surface area contributed by atoms with Gasteiger partial charge >= 0.3 is 0 Å². The Morgan fingerprint density at radius 3 is 2.64 bits per heavy atom. The fourth-order valence-corrected chi connectivity index (χ4v) is 4.12. The lowest BCUT2D eigenvalue weighted by Crippen LogP contribution is -2.26. The molecule has 0 unspecified atom stereocenters. The first-order valence-electron chi connectivity index (χ1n) is 7.58. The normalized spacial score (nSPS) is 14.9. The van der Waals surface area contributed by atoms with Crippen LogP contribution in [0.4, 0.5) is 0 Å². The molecule has 5 heteroatoms. The predicted molar refractivity (Wildman–Crippen MR) is 88.8 cm³/mol. The van der Waals surface area contributed by atoms with Gasteiger partial charge < -0.3 is 4.90 Å². The minimum atomic E-state index is 0.165. The van der Waals surface area contributed by atoms with Crippen molar-refractivity contribution in [3.8, 4) is 5.69 Å². The van der Waals surface area contributed by atoms with Crippen LogP contribution in [0.2, 0.25) is 0 Å². The third-order valence-electron chi connectivity index (χ3n) is 4.15. The van der Waals surface area contributed by atoms with E-state index in [1.165, 1.54) is 0 Å². The molecule has 0 bridgehead atoms. The summed E-state index contributed by atoms with van der Waals surface area (Å²) in [5, 5.41) is 5.70. The molecule has 4 rings (SSSR count). The minimum absolute atomic E-state index is 0.165. The van der Waals surface area contributed by atoms with Gasteiger partial charge in [0.2, 0.25) is 0 Å². The molecule has 0 spiro atoms. The number of hydrogen-bond donors (Lipinski definition) is 0. The number of nitrogens with zero attached hydrogens (tertiary/aromatic N) is 3. The zero-order valence-electron chi connectivity index (χ0n) is 12.5. The number of hydrogen-bond acceptors (Lipinski definition) is 3. The van der Waals surface area contributed by atoms with Crippen molar-refractivity contribution in [2.75, 3.05) is 13.1 Å². The Bertz CT molecular complexity index is 828. The summed E-state index contributed by atoms with van der Waals surface area (Å²) in [4.78, 5) is 16.4. The van der Waals surface area contributed by atoms with Crippen LogP contribution in [0.15, 0.2) is 36.4 Å². The Labute approximate surface area is 133 Å². The topological polar surface area (TPSA) is 38.1 Å². The standard InChI is InChI=1S/C17H17N3OS/c1-12-14-11-15(16(21)19-9-5-6-10-19)22-17(14)20(18-12)13-7-3-2-4-8-13/h2-4,7-8,11H,5-6,9-10H2,1H3. The molecule has 0 saturated carbocycles. The number of aryl methyl sites for hydroxylation is 1. The first-order chi connectivity index (χ1) is 10.7. The Morgan fingerprint density at radius 1 is 1.18 bits per heavy atom. The molecule has 4 nitrogen and oxygen atoms in total. The molecule has 1 aliphatic heterocycles. The maximum absolute atomic E-state index is 12.6. The highest BCUT2D eigenvalue weighted by atomic mass is 32.1. The van der Waals surface area contributed by atoms with Crippen LogP contribution < -0.4 is 0 Å². The number of rotatable bonds is 2. The fourth-order valence-electron chi connectivity index (χ4n) is 2.97. The van der Waals surface area contributed by atoms with Gasteiger partial charge in [-0.25, -0.2) is 4.68 Å². The number of benzene rings is 1. The third-order valence-corrected chi connectivity index (χ3v) is 5.25. The molecule has 0 aliphatic carbocycles. The second-order valence-electron chi connectivity index (χ2n) is 5.66. The number of aromatic nitrogens is 2. The third kappa shape index (κ3) is 2.13. The van der Waals surface area contributed by atoms with Crippen LogP contribution in [0.3, 0.4) is 0 Å². The lowest BCUT2D eigenvalue weighted by Gasteiger charge is -2.13. The van der Waals surface area contributed by atoms with Crippen molar-refractivity contribution < 1.29 is 4.79 Å². The zero-order valence-corrected chi connectivity index (χ0v) is 13.3. The van der Waals surface area contributed by atoms with Crippen molar-refractivity contribution >= 4 is 27.5 Å². The van der Waals surface area contributed by atoms with Gasteiger partial charge in [0, 0.05) is 18.5 Å². The van der Waals surface area contributed by atoms with E-state index in [1.807, 2.05) is 52.9 Å². The highest BCUT2D eigenvalue weighted by molar-refractivity contribution is 7.20. The van der Waals surface area contributed by atoms with E-state index in [-0.39, 0.29) is 5.91 Å². The van der Waals surface area contributed by atoms with Crippen molar-refractivity contribution in [2.45, 2.75) is 19.8 Å². The molecule has 1 fully saturated rings. The molecule has 2 aromatic heterocycles. The van der Waals surface area contributed by atoms with E-state index in [1.54, 1.807) is 11.3 Å². The zero-order chi connectivity index (χ0) is 15.1. The van der Waals surface area contributed by atoms with E-state index in [0.717, 1.165) is 52.4 Å². The molecule has 3 aromatic rings. The summed E-state index contributed by atoms with van der Waals surface area (Å²) in [6.07, 6.45) is 2.24. The lowest BCUT2D eigenvalue weighted by atomic mass is 10.3. The Balaban J connectivity index is 1.79. The average Bonchev–Trinajstić information content (AvgIpc) is 3.25. The molecule has 1 aliphatic rings. The van der Waals surface area contributed by atoms with E-state index in [4.69, 9.17) is 0 Å². The van der Waals surface area contributed by atoms with Gasteiger partial charge in [0.05, 0.1) is 16.3 Å². The number of para-hydroxylation sites is 1. The van der Waals surface area contributed by atoms with E-state index >= 15 is 0 Å². The van der Waals surface area contributed by atoms with E-state index < -0.39 is 0 Å². The van der Waals surface area contributed by atoms with Gasteiger partial charge in [-0.1, -0.05) is 18.2 Å². The first-order valence-corrected chi connectivity index (χ1v) is 8.39. The predicted octanol–water partition coefficient (Wildman–Crippen LogP) is 3.63. The quantitative estimate of drug-likeness (QED) is 0.725. The van der Waals surface area contributed by atoms with Crippen molar-refractivity contribution in [2.24, 2.45) is 0 Å². The highest BCUT2D eigenvalue weighted by Gasteiger charge is 2.23. The number of carbonyl (C=O) groups excluding carboxylic acids is 1. The summed E-state index contributed by atoms with van der Waals surface area (Å²) < 4.78 is 1.94. The summed E-state index contributed by atoms with van der Waals surface area (Å²) in [5.74, 6) is 0.165. The first kappa shape index (κ1) is 13.5. The second kappa shape index (κ2) is 5.25. The van der Waals surface area contributed by atoms with Crippen LogP contribution in [0, 0.1) is 6.92 Å². The molecule has 1 saturated heterocycles. The summed E-state index contributed by atoms with van der Waals surface area (Å²) in [6, 6.07) is 12.1. The number of thiophene rings is 1. The van der Waals surface area contributed by atoms with Crippen LogP contribution in [-0.4, -0.2) is 33.7 Å². The minimum Gasteiger partial charge on any atom is -0.338 e. The fraction of sp³-hybridized carbons (Fsp3) is 0.294. The monoisotopic (exact) mass is 311 g/mol. The van der Waals surface area contributed by atoms with E-state index in [2.05, 4.69) is 5.10 Å². The molecular formula is C17H17N3OS. The maximum Gasteiger partial charge on any atom is 0.264 e. The molecular weight excluding hydrogens is 294 g/mol. The largest absolute Gasteiger partial charge is 0.338 e. The summed E-state index contributed by atoms with van der Waals surface area (Å²) in [7, 11) is 0. The molecule has 0 N–H and O–H groups in total. The molecule has 0 atom stereocenters. The molecule has 1 amide bonds. The highest BCUT2D eigenvalue weighted by Crippen LogP contribution is 2.31. The van der Waals surface area contributed by atoms with Crippen molar-refractivity contribution in [1.29, 1.82) is 0 Å². The van der Waals surface area contributed by atoms with Gasteiger partial charge in [0.1, 0.15) is 4.83 Å². The van der Waals surface area contributed by atoms with Gasteiger partial charge in [0.25, 0.3) is 5.91 Å². The molecule has 22 heavy (non-hydrogen) atoms. The summed E-state index contributed by atoms with van der Waals surface area (Å²) in [6.45, 7) is 3.77. The van der Waals surface area contributed by atoms with Crippen molar-refractivity contribution in [3.63, 3.8) is 0 Å². The van der Waals surface area contributed by atoms with Gasteiger partial charge in [-0.2, -0.15) is 5.10 Å². The smallest absolute Gasteiger partial charge is 0.264 e. The SMILES string of the molecule is Cc1nn(-c2ccccc2)c2sc(C(=O)N3CCCC3)cc12. The van der Waals surface area contributed by atoms with E-state index in [0.29, 0.717) is 0 Å². The van der Waals surface area contributed by atoms with Crippen LogP contribution in [-0.2, 0) is 0 Å². The van der Waals surface area contributed by atoms with Crippen LogP contribution in [0.25, 0.3) is 15.9 Å². The lowest BCUT2D eigenvalue weighted by molar-refractivity contribution is 0.0797. The van der Waals surface area contributed by atoms with Gasteiger partial charge in [-0.15, -0.1) is 11.3 Å². The van der Waals surface area contributed by atoms with Gasteiger partial charge in [0.15, 0.2) is 0 Å². The van der Waals surface area contributed by atoms with Crippen molar-refractivity contribution in [1.82, 2.24) is 14.7 Å². The Kier molecular flexibility index (Phi) is 3.22. The summed E-state index contributed by atoms with van der Waals surface area (Å²) in [5.41, 5.74) is 2.00. The molecule has 3 heterocycles. The second-order valence-corrected chi connectivity index (χ2v) is 6.69. The number of likely N-dealkylation sites (tertiary alicyclic amines) is 1. The molecule has 1 aromatic carbocycles. The molecule has 112 valence electrons. The van der Waals surface area contributed by atoms with Crippen LogP contribution >= 0.6 is 11.3 Å². The Hall–Kier alpha value is -2.14. The number of carbonyl (C=O) groups is 1. The maximum atomic E-state index is 12.6. The Morgan fingerprint density at radius 2 is 1.91 bits per heavy atom. The van der Waals surface area contributed by atoms with Gasteiger partial charge in [-0.3, -0.25) is 4.79 Å². The number of fused-ring (bicyclic) bond motifs is 1. The van der Waals surface area contributed by atoms with Crippen molar-refractivity contribution in [3.05, 3.63) is 47.0 Å². The summed E-state index contributed by atoms with van der Waals surface area (Å²) >= 11 is 1.54. The molecule has 0 radical (unpaired) electrons.